The number of rotatable bonds is 7. The second-order valence-corrected chi connectivity index (χ2v) is 9.05. The van der Waals surface area contributed by atoms with E-state index in [4.69, 9.17) is 4.74 Å². The van der Waals surface area contributed by atoms with E-state index in [-0.39, 0.29) is 22.7 Å². The van der Waals surface area contributed by atoms with Gasteiger partial charge in [0.05, 0.1) is 18.0 Å². The summed E-state index contributed by atoms with van der Waals surface area (Å²) >= 11 is 0. The fourth-order valence-corrected chi connectivity index (χ4v) is 4.19. The van der Waals surface area contributed by atoms with Crippen LogP contribution < -0.4 is 9.04 Å². The van der Waals surface area contributed by atoms with Crippen LogP contribution in [0.15, 0.2) is 83.1 Å². The Morgan fingerprint density at radius 3 is 2.44 bits per heavy atom. The average Bonchev–Trinajstić information content (AvgIpc) is 3.32. The lowest BCUT2D eigenvalue weighted by molar-refractivity contribution is 0.0761. The lowest BCUT2D eigenvalue weighted by atomic mass is 10.1. The van der Waals surface area contributed by atoms with Crippen LogP contribution in [0.3, 0.4) is 0 Å². The molecular formula is C22H21N5O4S. The number of nitrogens with zero attached hydrogens (tertiary/aromatic N) is 5. The first-order valence-electron chi connectivity index (χ1n) is 9.85. The molecule has 4 rings (SSSR count). The Balaban J connectivity index is 1.34. The number of sulfonamides is 1. The van der Waals surface area contributed by atoms with Crippen molar-refractivity contribution in [1.29, 1.82) is 0 Å². The van der Waals surface area contributed by atoms with Crippen molar-refractivity contribution in [3.05, 3.63) is 78.6 Å². The molecule has 0 saturated heterocycles. The van der Waals surface area contributed by atoms with Gasteiger partial charge in [0, 0.05) is 37.1 Å². The molecule has 9 nitrogen and oxygen atoms in total. The SMILES string of the molecule is CN(c1ncccn1)S(=O)(=O)c1ccc(OCC2C=NN(C(=O)c3ccccc3)C2)cc1. The summed E-state index contributed by atoms with van der Waals surface area (Å²) in [6, 6.07) is 16.7. The van der Waals surface area contributed by atoms with Crippen molar-refractivity contribution < 1.29 is 17.9 Å². The maximum atomic E-state index is 12.8. The molecule has 10 heteroatoms. The molecular weight excluding hydrogens is 430 g/mol. The van der Waals surface area contributed by atoms with Gasteiger partial charge in [-0.3, -0.25) is 4.79 Å². The highest BCUT2D eigenvalue weighted by molar-refractivity contribution is 7.92. The second kappa shape index (κ2) is 9.15. The van der Waals surface area contributed by atoms with E-state index in [9.17, 15) is 13.2 Å². The summed E-state index contributed by atoms with van der Waals surface area (Å²) in [6.45, 7) is 0.730. The van der Waals surface area contributed by atoms with E-state index in [0.717, 1.165) is 4.31 Å². The third-order valence-corrected chi connectivity index (χ3v) is 6.61. The number of carbonyl (C=O) groups excluding carboxylic acids is 1. The molecule has 2 heterocycles. The molecule has 0 spiro atoms. The highest BCUT2D eigenvalue weighted by Crippen LogP contribution is 2.22. The zero-order chi connectivity index (χ0) is 22.6. The van der Waals surface area contributed by atoms with Gasteiger partial charge < -0.3 is 4.74 Å². The van der Waals surface area contributed by atoms with Gasteiger partial charge in [-0.25, -0.2) is 27.7 Å². The third-order valence-electron chi connectivity index (χ3n) is 4.86. The Bertz CT molecular complexity index is 1200. The molecule has 1 amide bonds. The number of hydrazone groups is 1. The summed E-state index contributed by atoms with van der Waals surface area (Å²) in [5, 5.41) is 5.60. The summed E-state index contributed by atoms with van der Waals surface area (Å²) in [4.78, 5) is 20.5. The minimum Gasteiger partial charge on any atom is -0.493 e. The lowest BCUT2D eigenvalue weighted by Gasteiger charge is -2.17. The van der Waals surface area contributed by atoms with Crippen molar-refractivity contribution in [3.8, 4) is 5.75 Å². The smallest absolute Gasteiger partial charge is 0.273 e. The van der Waals surface area contributed by atoms with Crippen molar-refractivity contribution in [2.75, 3.05) is 24.5 Å². The van der Waals surface area contributed by atoms with Gasteiger partial charge in [-0.2, -0.15) is 5.10 Å². The number of hydrogen-bond donors (Lipinski definition) is 0. The molecule has 1 aliphatic rings. The number of amides is 1. The van der Waals surface area contributed by atoms with Crippen molar-refractivity contribution in [1.82, 2.24) is 15.0 Å². The summed E-state index contributed by atoms with van der Waals surface area (Å²) in [6.07, 6.45) is 4.65. The predicted octanol–water partition coefficient (Wildman–Crippen LogP) is 2.44. The minimum absolute atomic E-state index is 0.0626. The Hall–Kier alpha value is -3.79. The van der Waals surface area contributed by atoms with Crippen LogP contribution in [0.5, 0.6) is 5.75 Å². The zero-order valence-corrected chi connectivity index (χ0v) is 18.1. The predicted molar refractivity (Wildman–Crippen MR) is 119 cm³/mol. The van der Waals surface area contributed by atoms with Crippen molar-refractivity contribution in [2.24, 2.45) is 11.0 Å². The van der Waals surface area contributed by atoms with Gasteiger partial charge in [0.25, 0.3) is 15.9 Å². The first kappa shape index (κ1) is 21.4. The maximum absolute atomic E-state index is 12.8. The highest BCUT2D eigenvalue weighted by atomic mass is 32.2. The fourth-order valence-electron chi connectivity index (χ4n) is 3.08. The van der Waals surface area contributed by atoms with Crippen LogP contribution in [0.25, 0.3) is 0 Å². The number of hydrogen-bond acceptors (Lipinski definition) is 7. The van der Waals surface area contributed by atoms with Crippen LogP contribution >= 0.6 is 0 Å². The van der Waals surface area contributed by atoms with Crippen LogP contribution in [-0.2, 0) is 10.0 Å². The molecule has 0 fully saturated rings. The average molecular weight is 452 g/mol. The Morgan fingerprint density at radius 1 is 1.06 bits per heavy atom. The van der Waals surface area contributed by atoms with Gasteiger partial charge >= 0.3 is 0 Å². The molecule has 0 aliphatic carbocycles. The number of carbonyl (C=O) groups is 1. The van der Waals surface area contributed by atoms with Crippen LogP contribution in [0.1, 0.15) is 10.4 Å². The normalized spacial score (nSPS) is 15.5. The molecule has 0 bridgehead atoms. The van der Waals surface area contributed by atoms with E-state index in [1.807, 2.05) is 18.2 Å². The molecule has 0 radical (unpaired) electrons. The molecule has 1 aromatic heterocycles. The van der Waals surface area contributed by atoms with Crippen molar-refractivity contribution in [3.63, 3.8) is 0 Å². The molecule has 3 aromatic rings. The molecule has 32 heavy (non-hydrogen) atoms. The van der Waals surface area contributed by atoms with Crippen LogP contribution in [0, 0.1) is 5.92 Å². The number of aromatic nitrogens is 2. The Morgan fingerprint density at radius 2 is 1.75 bits per heavy atom. The van der Waals surface area contributed by atoms with E-state index < -0.39 is 10.0 Å². The zero-order valence-electron chi connectivity index (χ0n) is 17.3. The minimum atomic E-state index is -3.80. The van der Waals surface area contributed by atoms with E-state index in [0.29, 0.717) is 24.5 Å². The quantitative estimate of drug-likeness (QED) is 0.546. The molecule has 0 N–H and O–H groups in total. The third kappa shape index (κ3) is 4.59. The lowest BCUT2D eigenvalue weighted by Crippen LogP contribution is -2.28. The largest absolute Gasteiger partial charge is 0.493 e. The maximum Gasteiger partial charge on any atom is 0.273 e. The summed E-state index contributed by atoms with van der Waals surface area (Å²) < 4.78 is 32.4. The summed E-state index contributed by atoms with van der Waals surface area (Å²) in [5.74, 6) is 0.379. The topological polar surface area (TPSA) is 105 Å². The molecule has 1 unspecified atom stereocenters. The van der Waals surface area contributed by atoms with Crippen molar-refractivity contribution in [2.45, 2.75) is 4.90 Å². The van der Waals surface area contributed by atoms with E-state index >= 15 is 0 Å². The molecule has 2 aromatic carbocycles. The first-order chi connectivity index (χ1) is 15.4. The molecule has 1 atom stereocenters. The summed E-state index contributed by atoms with van der Waals surface area (Å²) in [7, 11) is -2.40. The van der Waals surface area contributed by atoms with Gasteiger partial charge in [-0.1, -0.05) is 18.2 Å². The van der Waals surface area contributed by atoms with Gasteiger partial charge in [-0.15, -0.1) is 0 Å². The van der Waals surface area contributed by atoms with Gasteiger partial charge in [0.15, 0.2) is 0 Å². The standard InChI is InChI=1S/C22H21N5O4S/c1-26(22-23-12-5-13-24-22)32(29,30)20-10-8-19(9-11-20)31-16-17-14-25-27(15-17)21(28)18-6-3-2-4-7-18/h2-14,17H,15-16H2,1H3. The fraction of sp³-hybridized carbons (Fsp3) is 0.182. The second-order valence-electron chi connectivity index (χ2n) is 7.08. The number of anilines is 1. The van der Waals surface area contributed by atoms with Crippen LogP contribution in [0.2, 0.25) is 0 Å². The number of benzene rings is 2. The summed E-state index contributed by atoms with van der Waals surface area (Å²) in [5.41, 5.74) is 0.578. The first-order valence-corrected chi connectivity index (χ1v) is 11.3. The molecule has 164 valence electrons. The highest BCUT2D eigenvalue weighted by Gasteiger charge is 2.25. The van der Waals surface area contributed by atoms with E-state index in [1.54, 1.807) is 36.5 Å². The Kier molecular flexibility index (Phi) is 6.13. The van der Waals surface area contributed by atoms with Gasteiger partial charge in [0.1, 0.15) is 5.75 Å². The monoisotopic (exact) mass is 451 g/mol. The number of ether oxygens (including phenoxy) is 1. The molecule has 0 saturated carbocycles. The van der Waals surface area contributed by atoms with Gasteiger partial charge in [-0.05, 0) is 42.5 Å². The molecule has 1 aliphatic heterocycles. The van der Waals surface area contributed by atoms with E-state index in [2.05, 4.69) is 15.1 Å². The van der Waals surface area contributed by atoms with Gasteiger partial charge in [0.2, 0.25) is 5.95 Å². The van der Waals surface area contributed by atoms with Crippen LogP contribution in [0.4, 0.5) is 5.95 Å². The van der Waals surface area contributed by atoms with Crippen molar-refractivity contribution >= 4 is 28.1 Å². The Labute approximate surface area is 186 Å². The van der Waals surface area contributed by atoms with Crippen LogP contribution in [-0.4, -0.2) is 55.7 Å². The van der Waals surface area contributed by atoms with E-state index in [1.165, 1.54) is 36.6 Å².